The summed E-state index contributed by atoms with van der Waals surface area (Å²) in [7, 11) is 1.49. The Morgan fingerprint density at radius 2 is 2.03 bits per heavy atom. The van der Waals surface area contributed by atoms with E-state index in [0.717, 1.165) is 31.6 Å². The molecular formula is C23H29FN6O2. The monoisotopic (exact) mass is 440 g/mol. The zero-order chi connectivity index (χ0) is 22.8. The minimum absolute atomic E-state index is 0.0533. The molecule has 1 fully saturated rings. The number of aromatic nitrogens is 3. The predicted octanol–water partition coefficient (Wildman–Crippen LogP) is 1.84. The molecule has 0 aromatic carbocycles. The quantitative estimate of drug-likeness (QED) is 0.666. The summed E-state index contributed by atoms with van der Waals surface area (Å²) in [4.78, 5) is 39.2. The second-order valence-corrected chi connectivity index (χ2v) is 8.38. The number of halogens is 1. The van der Waals surface area contributed by atoms with Crippen LogP contribution in [0.5, 0.6) is 0 Å². The van der Waals surface area contributed by atoms with Gasteiger partial charge in [-0.25, -0.2) is 9.97 Å². The lowest BCUT2D eigenvalue weighted by atomic mass is 9.77. The second-order valence-electron chi connectivity index (χ2n) is 8.38. The number of hydrogen-bond acceptors (Lipinski definition) is 6. The molecule has 3 heterocycles. The van der Waals surface area contributed by atoms with Crippen molar-refractivity contribution >= 4 is 17.2 Å². The van der Waals surface area contributed by atoms with Crippen LogP contribution in [0, 0.1) is 11.9 Å². The molecule has 0 saturated carbocycles. The van der Waals surface area contributed by atoms with Crippen molar-refractivity contribution in [3.05, 3.63) is 57.3 Å². The summed E-state index contributed by atoms with van der Waals surface area (Å²) in [5.74, 6) is 0.119. The summed E-state index contributed by atoms with van der Waals surface area (Å²) in [5.41, 5.74) is 3.58. The predicted molar refractivity (Wildman–Crippen MR) is 121 cm³/mol. The van der Waals surface area contributed by atoms with Gasteiger partial charge in [-0.15, -0.1) is 0 Å². The summed E-state index contributed by atoms with van der Waals surface area (Å²) < 4.78 is 14.5. The normalized spacial score (nSPS) is 19.1. The van der Waals surface area contributed by atoms with Crippen molar-refractivity contribution in [3.8, 4) is 0 Å². The van der Waals surface area contributed by atoms with E-state index >= 15 is 0 Å². The van der Waals surface area contributed by atoms with E-state index < -0.39 is 11.9 Å². The highest BCUT2D eigenvalue weighted by molar-refractivity contribution is 5.92. The fourth-order valence-corrected chi connectivity index (χ4v) is 4.39. The Morgan fingerprint density at radius 1 is 1.28 bits per heavy atom. The number of aryl methyl sites for hydroxylation is 1. The van der Waals surface area contributed by atoms with Crippen molar-refractivity contribution in [1.82, 2.24) is 25.2 Å². The highest BCUT2D eigenvalue weighted by atomic mass is 19.1. The Bertz CT molecular complexity index is 1100. The van der Waals surface area contributed by atoms with Crippen LogP contribution in [0.4, 0.5) is 10.1 Å². The summed E-state index contributed by atoms with van der Waals surface area (Å²) in [6.45, 7) is 8.06. The zero-order valence-corrected chi connectivity index (χ0v) is 18.7. The summed E-state index contributed by atoms with van der Waals surface area (Å²) in [6, 6.07) is 3.18. The minimum Gasteiger partial charge on any atom is -0.365 e. The molecule has 9 heteroatoms. The molecule has 0 radical (unpaired) electrons. The molecule has 0 spiro atoms. The number of amides is 1. The molecule has 2 aromatic rings. The number of allylic oxidation sites excluding steroid dienone is 1. The number of carbonyl (C=O) groups excluding carboxylic acids is 1. The van der Waals surface area contributed by atoms with Crippen LogP contribution in [0.3, 0.4) is 0 Å². The first-order valence-corrected chi connectivity index (χ1v) is 11.0. The van der Waals surface area contributed by atoms with E-state index in [-0.39, 0.29) is 11.3 Å². The van der Waals surface area contributed by atoms with E-state index in [0.29, 0.717) is 42.5 Å². The van der Waals surface area contributed by atoms with Gasteiger partial charge in [-0.05, 0) is 43.4 Å². The number of nitrogens with one attached hydrogen (secondary N) is 2. The minimum atomic E-state index is -0.613. The van der Waals surface area contributed by atoms with Crippen molar-refractivity contribution in [3.63, 3.8) is 0 Å². The second kappa shape index (κ2) is 9.20. The van der Waals surface area contributed by atoms with E-state index in [1.165, 1.54) is 12.6 Å². The fraction of sp³-hybridized carbons (Fsp3) is 0.478. The third kappa shape index (κ3) is 4.29. The van der Waals surface area contributed by atoms with Gasteiger partial charge in [0, 0.05) is 51.5 Å². The Labute approximate surface area is 186 Å². The van der Waals surface area contributed by atoms with Crippen LogP contribution in [0.25, 0.3) is 5.57 Å². The highest BCUT2D eigenvalue weighted by Crippen LogP contribution is 2.40. The molecule has 1 unspecified atom stereocenters. The molecule has 1 saturated heterocycles. The van der Waals surface area contributed by atoms with E-state index in [1.807, 2.05) is 11.8 Å². The van der Waals surface area contributed by atoms with Gasteiger partial charge in [0.25, 0.3) is 11.5 Å². The van der Waals surface area contributed by atoms with Crippen LogP contribution >= 0.6 is 0 Å². The van der Waals surface area contributed by atoms with Crippen molar-refractivity contribution in [2.75, 3.05) is 44.7 Å². The average Bonchev–Trinajstić information content (AvgIpc) is 2.81. The van der Waals surface area contributed by atoms with Crippen molar-refractivity contribution in [2.45, 2.75) is 26.7 Å². The fourth-order valence-electron chi connectivity index (χ4n) is 4.39. The van der Waals surface area contributed by atoms with Crippen LogP contribution in [-0.4, -0.2) is 65.5 Å². The maximum absolute atomic E-state index is 14.5. The Kier molecular flexibility index (Phi) is 6.36. The number of rotatable bonds is 6. The summed E-state index contributed by atoms with van der Waals surface area (Å²) in [6.07, 6.45) is 3.25. The SMILES string of the molecule is CCc1cnc(C2=C(C)C(CN3CCN(c4ccc(C(=O)NC)nc4F)CC3)C2)[nH]c1=O. The third-order valence-electron chi connectivity index (χ3n) is 6.56. The molecule has 2 aromatic heterocycles. The van der Waals surface area contributed by atoms with Crippen molar-refractivity contribution in [1.29, 1.82) is 0 Å². The molecule has 2 aliphatic rings. The summed E-state index contributed by atoms with van der Waals surface area (Å²) >= 11 is 0. The van der Waals surface area contributed by atoms with E-state index in [4.69, 9.17) is 0 Å². The molecule has 170 valence electrons. The smallest absolute Gasteiger partial charge is 0.269 e. The van der Waals surface area contributed by atoms with Crippen LogP contribution in [0.1, 0.15) is 42.1 Å². The Hall–Kier alpha value is -3.07. The Morgan fingerprint density at radius 3 is 2.62 bits per heavy atom. The number of piperazine rings is 1. The van der Waals surface area contributed by atoms with E-state index in [9.17, 15) is 14.0 Å². The lowest BCUT2D eigenvalue weighted by Crippen LogP contribution is -2.49. The standard InChI is InChI=1S/C23H29FN6O2/c1-4-15-12-26-21(28-22(15)31)17-11-16(14(17)2)13-29-7-9-30(10-8-29)19-6-5-18(23(32)25-3)27-20(19)24/h5-6,12,16H,4,7-11,13H2,1-3H3,(H,25,32)(H,26,28,31). The van der Waals surface area contributed by atoms with Gasteiger partial charge in [-0.3, -0.25) is 14.5 Å². The first-order valence-electron chi connectivity index (χ1n) is 11.0. The molecule has 32 heavy (non-hydrogen) atoms. The number of pyridine rings is 1. The molecule has 1 atom stereocenters. The van der Waals surface area contributed by atoms with Gasteiger partial charge in [-0.2, -0.15) is 4.39 Å². The molecule has 0 bridgehead atoms. The zero-order valence-electron chi connectivity index (χ0n) is 18.7. The molecule has 2 N–H and O–H groups in total. The first-order chi connectivity index (χ1) is 15.4. The van der Waals surface area contributed by atoms with Gasteiger partial charge in [0.2, 0.25) is 5.95 Å². The van der Waals surface area contributed by atoms with Crippen LogP contribution in [0.15, 0.2) is 28.7 Å². The number of anilines is 1. The van der Waals surface area contributed by atoms with E-state index in [2.05, 4.69) is 32.1 Å². The van der Waals surface area contributed by atoms with Gasteiger partial charge in [-0.1, -0.05) is 12.5 Å². The molecular weight excluding hydrogens is 411 g/mol. The van der Waals surface area contributed by atoms with Crippen molar-refractivity contribution in [2.24, 2.45) is 5.92 Å². The Balaban J connectivity index is 1.34. The lowest BCUT2D eigenvalue weighted by molar-refractivity contribution is 0.0957. The topological polar surface area (TPSA) is 94.2 Å². The van der Waals surface area contributed by atoms with Gasteiger partial charge in [0.1, 0.15) is 11.5 Å². The van der Waals surface area contributed by atoms with Crippen LogP contribution in [-0.2, 0) is 6.42 Å². The molecule has 1 aliphatic carbocycles. The molecule has 1 aliphatic heterocycles. The number of aromatic amines is 1. The van der Waals surface area contributed by atoms with E-state index in [1.54, 1.807) is 18.3 Å². The van der Waals surface area contributed by atoms with Gasteiger partial charge < -0.3 is 15.2 Å². The van der Waals surface area contributed by atoms with Crippen LogP contribution in [0.2, 0.25) is 0 Å². The number of nitrogens with zero attached hydrogens (tertiary/aromatic N) is 4. The van der Waals surface area contributed by atoms with Crippen LogP contribution < -0.4 is 15.8 Å². The first kappa shape index (κ1) is 22.1. The highest BCUT2D eigenvalue weighted by Gasteiger charge is 2.31. The summed E-state index contributed by atoms with van der Waals surface area (Å²) in [5, 5.41) is 2.45. The maximum atomic E-state index is 14.5. The number of carbonyl (C=O) groups is 1. The number of hydrogen-bond donors (Lipinski definition) is 2. The largest absolute Gasteiger partial charge is 0.365 e. The molecule has 8 nitrogen and oxygen atoms in total. The van der Waals surface area contributed by atoms with Gasteiger partial charge in [0.15, 0.2) is 0 Å². The van der Waals surface area contributed by atoms with Gasteiger partial charge >= 0.3 is 0 Å². The number of H-pyrrole nitrogens is 1. The molecule has 4 rings (SSSR count). The molecule has 1 amide bonds. The van der Waals surface area contributed by atoms with Crippen molar-refractivity contribution < 1.29 is 9.18 Å². The average molecular weight is 441 g/mol. The maximum Gasteiger partial charge on any atom is 0.269 e. The van der Waals surface area contributed by atoms with Gasteiger partial charge in [0.05, 0.1) is 5.69 Å². The third-order valence-corrected chi connectivity index (χ3v) is 6.56. The lowest BCUT2D eigenvalue weighted by Gasteiger charge is -2.40.